The van der Waals surface area contributed by atoms with Crippen LogP contribution in [0.3, 0.4) is 0 Å². The van der Waals surface area contributed by atoms with Gasteiger partial charge in [-0.3, -0.25) is 19.3 Å². The third kappa shape index (κ3) is 7.64. The van der Waals surface area contributed by atoms with Crippen LogP contribution in [0.25, 0.3) is 11.1 Å². The maximum atomic E-state index is 15.1. The summed E-state index contributed by atoms with van der Waals surface area (Å²) in [5, 5.41) is 8.66. The lowest BCUT2D eigenvalue weighted by molar-refractivity contribution is -0.123. The number of pyridine rings is 2. The molecule has 2 amide bonds. The first-order valence-corrected chi connectivity index (χ1v) is 16.8. The zero-order valence-electron chi connectivity index (χ0n) is 28.7. The number of hydrogen-bond acceptors (Lipinski definition) is 5. The first-order valence-electron chi connectivity index (χ1n) is 16.8. The maximum absolute atomic E-state index is 15.1. The Labute approximate surface area is 308 Å². The molecule has 4 heterocycles. The molecule has 0 saturated heterocycles. The number of alkyl halides is 6. The summed E-state index contributed by atoms with van der Waals surface area (Å²) in [4.78, 5) is 35.2. The highest BCUT2D eigenvalue weighted by Gasteiger charge is 2.55. The molecular weight excluding hydrogens is 736 g/mol. The number of aromatic nitrogens is 4. The number of nitrogens with one attached hydrogen (secondary N) is 2. The predicted molar refractivity (Wildman–Crippen MR) is 181 cm³/mol. The van der Waals surface area contributed by atoms with Crippen molar-refractivity contribution in [3.8, 4) is 23.0 Å². The highest BCUT2D eigenvalue weighted by Crippen LogP contribution is 2.52. The lowest BCUT2D eigenvalue weighted by Crippen LogP contribution is -2.37. The van der Waals surface area contributed by atoms with Crippen LogP contribution in [0.15, 0.2) is 66.9 Å². The molecule has 2 aliphatic rings. The van der Waals surface area contributed by atoms with Gasteiger partial charge in [0.1, 0.15) is 35.3 Å². The highest BCUT2D eigenvalue weighted by atomic mass is 19.3. The van der Waals surface area contributed by atoms with E-state index in [0.717, 1.165) is 12.1 Å². The van der Waals surface area contributed by atoms with Crippen molar-refractivity contribution in [2.24, 2.45) is 0 Å². The van der Waals surface area contributed by atoms with E-state index in [1.54, 1.807) is 55.6 Å². The van der Waals surface area contributed by atoms with Crippen LogP contribution in [0.5, 0.6) is 0 Å². The van der Waals surface area contributed by atoms with E-state index in [1.807, 2.05) is 0 Å². The van der Waals surface area contributed by atoms with Crippen molar-refractivity contribution in [3.63, 3.8) is 0 Å². The molecule has 1 aliphatic carbocycles. The first-order chi connectivity index (χ1) is 26.1. The van der Waals surface area contributed by atoms with E-state index in [1.165, 1.54) is 0 Å². The molecule has 16 heteroatoms. The standard InChI is InChI=1S/C39H28F8N6O2/c1-20-12-21(8-11-48-20)2-5-27-6-7-28(23-3-4-24-18-49-37(55)29(24)16-23)33(50-27)30(15-22-13-25(40)17-26(41)14-22)51-31(54)19-53-35-32(34(52-53)36(42)43)38(44,45)9-10-39(35,46)47/h3-4,6-8,11-14,16-17,30,36H,9-10,15,18-19H2,1H3,(H,49,55)(H,51,54)/t30-/m0/s1. The normalized spacial score (nSPS) is 15.8. The largest absolute Gasteiger partial charge is 0.348 e. The van der Waals surface area contributed by atoms with Crippen molar-refractivity contribution >= 4 is 11.8 Å². The van der Waals surface area contributed by atoms with Crippen LogP contribution in [0.2, 0.25) is 0 Å². The van der Waals surface area contributed by atoms with Crippen LogP contribution in [-0.2, 0) is 36.1 Å². The number of carbonyl (C=O) groups is 2. The Morgan fingerprint density at radius 3 is 2.40 bits per heavy atom. The second-order valence-electron chi connectivity index (χ2n) is 13.2. The highest BCUT2D eigenvalue weighted by molar-refractivity contribution is 5.99. The number of aryl methyl sites for hydroxylation is 1. The average Bonchev–Trinajstić information content (AvgIpc) is 3.70. The zero-order chi connectivity index (χ0) is 39.2. The van der Waals surface area contributed by atoms with Crippen molar-refractivity contribution in [2.75, 3.05) is 0 Å². The van der Waals surface area contributed by atoms with Gasteiger partial charge in [0.25, 0.3) is 24.2 Å². The molecule has 0 bridgehead atoms. The zero-order valence-corrected chi connectivity index (χ0v) is 28.7. The predicted octanol–water partition coefficient (Wildman–Crippen LogP) is 7.59. The van der Waals surface area contributed by atoms with Crippen molar-refractivity contribution < 1.29 is 44.7 Å². The van der Waals surface area contributed by atoms with Crippen LogP contribution in [0, 0.1) is 30.4 Å². The second-order valence-corrected chi connectivity index (χ2v) is 13.2. The topological polar surface area (TPSA) is 102 Å². The molecule has 0 radical (unpaired) electrons. The van der Waals surface area contributed by atoms with E-state index in [0.29, 0.717) is 46.1 Å². The Hall–Kier alpha value is -6.11. The number of hydrogen-bond donors (Lipinski definition) is 2. The molecule has 3 aromatic heterocycles. The van der Waals surface area contributed by atoms with E-state index in [-0.39, 0.29) is 34.0 Å². The van der Waals surface area contributed by atoms with E-state index in [9.17, 15) is 35.9 Å². The van der Waals surface area contributed by atoms with Crippen LogP contribution in [0.1, 0.15) is 86.4 Å². The van der Waals surface area contributed by atoms with Gasteiger partial charge in [0.15, 0.2) is 0 Å². The molecule has 0 fully saturated rings. The molecule has 282 valence electrons. The molecule has 7 rings (SSSR count). The fraction of sp³-hybridized carbons (Fsp3) is 0.256. The number of amides is 2. The van der Waals surface area contributed by atoms with E-state index < -0.39 is 78.2 Å². The second kappa shape index (κ2) is 14.3. The quantitative estimate of drug-likeness (QED) is 0.125. The number of nitrogens with zero attached hydrogens (tertiary/aromatic N) is 4. The first kappa shape index (κ1) is 37.2. The molecule has 1 aliphatic heterocycles. The molecule has 0 saturated carbocycles. The summed E-state index contributed by atoms with van der Waals surface area (Å²) in [6, 6.07) is 12.8. The van der Waals surface area contributed by atoms with Gasteiger partial charge in [-0.15, -0.1) is 0 Å². The summed E-state index contributed by atoms with van der Waals surface area (Å²) >= 11 is 0. The van der Waals surface area contributed by atoms with Crippen LogP contribution < -0.4 is 10.6 Å². The van der Waals surface area contributed by atoms with Crippen molar-refractivity contribution in [2.45, 2.75) is 63.6 Å². The van der Waals surface area contributed by atoms with Crippen molar-refractivity contribution in [3.05, 3.63) is 135 Å². The number of benzene rings is 2. The Kier molecular flexibility index (Phi) is 9.66. The van der Waals surface area contributed by atoms with Gasteiger partial charge in [-0.2, -0.15) is 13.9 Å². The van der Waals surface area contributed by atoms with Crippen molar-refractivity contribution in [1.82, 2.24) is 30.4 Å². The third-order valence-corrected chi connectivity index (χ3v) is 9.23. The summed E-state index contributed by atoms with van der Waals surface area (Å²) in [7, 11) is 0. The van der Waals surface area contributed by atoms with Gasteiger partial charge in [0.2, 0.25) is 5.91 Å². The summed E-state index contributed by atoms with van der Waals surface area (Å²) in [5.41, 5.74) is -1.31. The molecule has 8 nitrogen and oxygen atoms in total. The smallest absolute Gasteiger partial charge is 0.290 e. The van der Waals surface area contributed by atoms with Crippen molar-refractivity contribution in [1.29, 1.82) is 0 Å². The molecule has 0 spiro atoms. The van der Waals surface area contributed by atoms with Gasteiger partial charge >= 0.3 is 0 Å². The average molecular weight is 765 g/mol. The van der Waals surface area contributed by atoms with Crippen LogP contribution in [-0.4, -0.2) is 31.6 Å². The van der Waals surface area contributed by atoms with Gasteiger partial charge in [-0.1, -0.05) is 18.1 Å². The SMILES string of the molecule is Cc1cc(C#Cc2ccc(-c3ccc4c(c3)C(=O)NC4)c([C@H](Cc3cc(F)cc(F)c3)NC(=O)Cn3nc(C(F)F)c4c3C(F)(F)CCC4(F)F)n2)ccn1. The Morgan fingerprint density at radius 1 is 0.927 bits per heavy atom. The van der Waals surface area contributed by atoms with E-state index >= 15 is 8.78 Å². The van der Waals surface area contributed by atoms with Crippen LogP contribution >= 0.6 is 0 Å². The number of halogens is 8. The maximum Gasteiger partial charge on any atom is 0.290 e. The Bertz CT molecular complexity index is 2400. The third-order valence-electron chi connectivity index (χ3n) is 9.23. The minimum atomic E-state index is -4.07. The minimum absolute atomic E-state index is 0.0234. The Balaban J connectivity index is 1.34. The molecule has 0 unspecified atom stereocenters. The molecule has 5 aromatic rings. The van der Waals surface area contributed by atoms with Gasteiger partial charge in [0, 0.05) is 54.0 Å². The minimum Gasteiger partial charge on any atom is -0.348 e. The van der Waals surface area contributed by atoms with Gasteiger partial charge in [-0.05, 0) is 78.4 Å². The van der Waals surface area contributed by atoms with Gasteiger partial charge in [-0.25, -0.2) is 31.3 Å². The van der Waals surface area contributed by atoms with Gasteiger partial charge in [0.05, 0.1) is 17.3 Å². The molecule has 2 aromatic carbocycles. The lowest BCUT2D eigenvalue weighted by Gasteiger charge is -2.29. The fourth-order valence-corrected chi connectivity index (χ4v) is 6.79. The summed E-state index contributed by atoms with van der Waals surface area (Å²) in [6.45, 7) is 0.863. The van der Waals surface area contributed by atoms with E-state index in [4.69, 9.17) is 4.98 Å². The molecular formula is C39H28F8N6O2. The number of rotatable bonds is 8. The lowest BCUT2D eigenvalue weighted by atomic mass is 9.89. The molecule has 55 heavy (non-hydrogen) atoms. The Morgan fingerprint density at radius 2 is 1.67 bits per heavy atom. The molecule has 2 N–H and O–H groups in total. The number of carbonyl (C=O) groups excluding carboxylic acids is 2. The van der Waals surface area contributed by atoms with Gasteiger partial charge < -0.3 is 10.6 Å². The number of fused-ring (bicyclic) bond motifs is 2. The van der Waals surface area contributed by atoms with E-state index in [2.05, 4.69) is 32.6 Å². The molecule has 1 atom stereocenters. The van der Waals surface area contributed by atoms with Crippen LogP contribution in [0.4, 0.5) is 35.1 Å². The fourth-order valence-electron chi connectivity index (χ4n) is 6.79. The summed E-state index contributed by atoms with van der Waals surface area (Å²) in [6.07, 6.45) is -5.24. The summed E-state index contributed by atoms with van der Waals surface area (Å²) in [5.74, 6) is -5.59. The summed E-state index contributed by atoms with van der Waals surface area (Å²) < 4.78 is 117. The monoisotopic (exact) mass is 764 g/mol.